The van der Waals surface area contributed by atoms with E-state index >= 15 is 0 Å². The normalized spacial score (nSPS) is 10.2. The lowest BCUT2D eigenvalue weighted by Gasteiger charge is -2.06. The van der Waals surface area contributed by atoms with Crippen LogP contribution in [0.15, 0.2) is 36.5 Å². The Bertz CT molecular complexity index is 562. The highest BCUT2D eigenvalue weighted by molar-refractivity contribution is 5.96. The molecule has 0 bridgehead atoms. The summed E-state index contributed by atoms with van der Waals surface area (Å²) in [6, 6.07) is 8.97. The third-order valence-electron chi connectivity index (χ3n) is 2.52. The van der Waals surface area contributed by atoms with Gasteiger partial charge in [-0.1, -0.05) is 29.8 Å². The number of aromatic carboxylic acids is 1. The fourth-order valence-corrected chi connectivity index (χ4v) is 1.61. The van der Waals surface area contributed by atoms with E-state index in [0.717, 1.165) is 11.1 Å². The summed E-state index contributed by atoms with van der Waals surface area (Å²) in [5.74, 6) is -0.798. The van der Waals surface area contributed by atoms with E-state index in [1.165, 1.54) is 12.3 Å². The second-order valence-corrected chi connectivity index (χ2v) is 3.83. The van der Waals surface area contributed by atoms with Gasteiger partial charge in [0.25, 0.3) is 0 Å². The Balaban J connectivity index is 2.58. The first-order valence-corrected chi connectivity index (χ1v) is 5.14. The van der Waals surface area contributed by atoms with Crippen LogP contribution >= 0.6 is 0 Å². The molecule has 0 saturated carbocycles. The molecule has 86 valence electrons. The van der Waals surface area contributed by atoms with Crippen molar-refractivity contribution in [3.05, 3.63) is 47.7 Å². The molecular weight excluding hydrogens is 216 g/mol. The number of rotatable bonds is 2. The van der Waals surface area contributed by atoms with E-state index in [1.54, 1.807) is 0 Å². The first kappa shape index (κ1) is 11.1. The lowest BCUT2D eigenvalue weighted by atomic mass is 10.0. The van der Waals surface area contributed by atoms with Crippen molar-refractivity contribution in [2.24, 2.45) is 0 Å². The van der Waals surface area contributed by atoms with Crippen LogP contribution in [-0.4, -0.2) is 16.1 Å². The van der Waals surface area contributed by atoms with E-state index in [2.05, 4.69) is 4.98 Å². The predicted molar refractivity (Wildman–Crippen MR) is 65.8 cm³/mol. The van der Waals surface area contributed by atoms with Gasteiger partial charge in [0, 0.05) is 11.8 Å². The minimum Gasteiger partial charge on any atom is -0.478 e. The summed E-state index contributed by atoms with van der Waals surface area (Å²) in [6.45, 7) is 1.98. The molecule has 0 aliphatic heterocycles. The molecule has 0 radical (unpaired) electrons. The molecule has 0 aliphatic rings. The lowest BCUT2D eigenvalue weighted by molar-refractivity contribution is 0.0697. The van der Waals surface area contributed by atoms with E-state index in [0.29, 0.717) is 5.56 Å². The van der Waals surface area contributed by atoms with E-state index in [-0.39, 0.29) is 11.4 Å². The van der Waals surface area contributed by atoms with Gasteiger partial charge in [0.05, 0.1) is 5.56 Å². The van der Waals surface area contributed by atoms with Crippen molar-refractivity contribution in [1.29, 1.82) is 0 Å². The summed E-state index contributed by atoms with van der Waals surface area (Å²) in [6.07, 6.45) is 1.49. The van der Waals surface area contributed by atoms with Gasteiger partial charge in [-0.2, -0.15) is 0 Å². The maximum Gasteiger partial charge on any atom is 0.336 e. The Morgan fingerprint density at radius 1 is 1.29 bits per heavy atom. The first-order valence-electron chi connectivity index (χ1n) is 5.14. The Kier molecular flexibility index (Phi) is 2.78. The molecule has 1 aromatic heterocycles. The number of hydrogen-bond donors (Lipinski definition) is 2. The molecule has 0 amide bonds. The number of nitrogens with two attached hydrogens (primary N) is 1. The van der Waals surface area contributed by atoms with Gasteiger partial charge in [-0.15, -0.1) is 0 Å². The number of carbonyl (C=O) groups is 1. The van der Waals surface area contributed by atoms with Gasteiger partial charge in [0.2, 0.25) is 0 Å². The predicted octanol–water partition coefficient (Wildman–Crippen LogP) is 2.34. The molecule has 0 saturated heterocycles. The number of anilines is 1. The van der Waals surface area contributed by atoms with E-state index in [4.69, 9.17) is 10.8 Å². The van der Waals surface area contributed by atoms with E-state index in [9.17, 15) is 4.79 Å². The van der Waals surface area contributed by atoms with Crippen LogP contribution in [0.25, 0.3) is 11.1 Å². The second-order valence-electron chi connectivity index (χ2n) is 3.83. The topological polar surface area (TPSA) is 76.2 Å². The number of carboxylic acid groups (broad SMARTS) is 1. The Morgan fingerprint density at radius 2 is 1.94 bits per heavy atom. The molecule has 2 aromatic rings. The van der Waals surface area contributed by atoms with Crippen LogP contribution in [0.1, 0.15) is 15.9 Å². The van der Waals surface area contributed by atoms with Crippen LogP contribution in [0.2, 0.25) is 0 Å². The number of benzene rings is 1. The van der Waals surface area contributed by atoms with Gasteiger partial charge < -0.3 is 10.8 Å². The highest BCUT2D eigenvalue weighted by Crippen LogP contribution is 2.24. The van der Waals surface area contributed by atoms with Gasteiger partial charge in [-0.25, -0.2) is 9.78 Å². The number of pyridine rings is 1. The highest BCUT2D eigenvalue weighted by Gasteiger charge is 2.12. The van der Waals surface area contributed by atoms with Crippen LogP contribution < -0.4 is 5.73 Å². The zero-order valence-electron chi connectivity index (χ0n) is 9.34. The van der Waals surface area contributed by atoms with Crippen LogP contribution in [0, 0.1) is 6.92 Å². The lowest BCUT2D eigenvalue weighted by Crippen LogP contribution is -2.02. The molecule has 0 atom stereocenters. The Labute approximate surface area is 98.7 Å². The first-order chi connectivity index (χ1) is 8.08. The molecule has 0 aliphatic carbocycles. The molecule has 4 heteroatoms. The fourth-order valence-electron chi connectivity index (χ4n) is 1.61. The van der Waals surface area contributed by atoms with Crippen molar-refractivity contribution in [1.82, 2.24) is 4.98 Å². The van der Waals surface area contributed by atoms with Crippen LogP contribution in [0.4, 0.5) is 5.82 Å². The fraction of sp³-hybridized carbons (Fsp3) is 0.0769. The number of nitrogens with zero attached hydrogens (tertiary/aromatic N) is 1. The van der Waals surface area contributed by atoms with Crippen molar-refractivity contribution in [2.45, 2.75) is 6.92 Å². The number of carboxylic acids is 1. The standard InChI is InChI=1S/C13H12N2O2/c1-8-2-4-9(5-3-8)11-7-15-12(14)6-10(11)13(16)17/h2-7H,1H3,(H2,14,15)(H,16,17). The number of aryl methyl sites for hydroxylation is 1. The molecule has 3 N–H and O–H groups in total. The Morgan fingerprint density at radius 3 is 2.53 bits per heavy atom. The van der Waals surface area contributed by atoms with Crippen molar-refractivity contribution < 1.29 is 9.90 Å². The molecule has 4 nitrogen and oxygen atoms in total. The highest BCUT2D eigenvalue weighted by atomic mass is 16.4. The third kappa shape index (κ3) is 2.25. The molecule has 0 fully saturated rings. The van der Waals surface area contributed by atoms with Crippen LogP contribution in [0.3, 0.4) is 0 Å². The van der Waals surface area contributed by atoms with Gasteiger partial charge in [-0.05, 0) is 18.6 Å². The summed E-state index contributed by atoms with van der Waals surface area (Å²) in [4.78, 5) is 15.1. The zero-order valence-corrected chi connectivity index (χ0v) is 9.34. The minimum absolute atomic E-state index is 0.168. The minimum atomic E-state index is -1.00. The molecular formula is C13H12N2O2. The summed E-state index contributed by atoms with van der Waals surface area (Å²) in [5.41, 5.74) is 8.18. The molecule has 0 unspecified atom stereocenters. The summed E-state index contributed by atoms with van der Waals surface area (Å²) in [7, 11) is 0. The van der Waals surface area contributed by atoms with Gasteiger partial charge in [0.15, 0.2) is 0 Å². The largest absolute Gasteiger partial charge is 0.478 e. The van der Waals surface area contributed by atoms with Crippen molar-refractivity contribution >= 4 is 11.8 Å². The summed E-state index contributed by atoms with van der Waals surface area (Å²) < 4.78 is 0. The number of nitrogen functional groups attached to an aromatic ring is 1. The maximum atomic E-state index is 11.1. The maximum absolute atomic E-state index is 11.1. The second kappa shape index (κ2) is 4.25. The van der Waals surface area contributed by atoms with E-state index < -0.39 is 5.97 Å². The van der Waals surface area contributed by atoms with Gasteiger partial charge >= 0.3 is 5.97 Å². The average Bonchev–Trinajstić information content (AvgIpc) is 2.30. The smallest absolute Gasteiger partial charge is 0.336 e. The molecule has 0 spiro atoms. The van der Waals surface area contributed by atoms with Crippen molar-refractivity contribution in [3.8, 4) is 11.1 Å². The monoisotopic (exact) mass is 228 g/mol. The SMILES string of the molecule is Cc1ccc(-c2cnc(N)cc2C(=O)O)cc1. The van der Waals surface area contributed by atoms with Crippen molar-refractivity contribution in [2.75, 3.05) is 5.73 Å². The summed E-state index contributed by atoms with van der Waals surface area (Å²) >= 11 is 0. The molecule has 1 aromatic carbocycles. The van der Waals surface area contributed by atoms with Gasteiger partial charge in [-0.3, -0.25) is 0 Å². The van der Waals surface area contributed by atoms with Crippen LogP contribution in [0.5, 0.6) is 0 Å². The van der Waals surface area contributed by atoms with Gasteiger partial charge in [0.1, 0.15) is 5.82 Å². The molecule has 1 heterocycles. The Hall–Kier alpha value is -2.36. The average molecular weight is 228 g/mol. The molecule has 17 heavy (non-hydrogen) atoms. The zero-order chi connectivity index (χ0) is 12.4. The summed E-state index contributed by atoms with van der Waals surface area (Å²) in [5, 5.41) is 9.12. The number of hydrogen-bond acceptors (Lipinski definition) is 3. The third-order valence-corrected chi connectivity index (χ3v) is 2.52. The molecule has 2 rings (SSSR count). The van der Waals surface area contributed by atoms with E-state index in [1.807, 2.05) is 31.2 Å². The van der Waals surface area contributed by atoms with Crippen molar-refractivity contribution in [3.63, 3.8) is 0 Å². The van der Waals surface area contributed by atoms with Crippen LogP contribution in [-0.2, 0) is 0 Å². The number of aromatic nitrogens is 1. The quantitative estimate of drug-likeness (QED) is 0.827.